The third kappa shape index (κ3) is 2.66. The Kier molecular flexibility index (Phi) is 3.90. The molecule has 1 fully saturated rings. The molecule has 1 saturated heterocycles. The summed E-state index contributed by atoms with van der Waals surface area (Å²) in [6.45, 7) is 5.36. The lowest BCUT2D eigenvalue weighted by atomic mass is 9.86. The van der Waals surface area contributed by atoms with Crippen molar-refractivity contribution < 1.29 is 14.2 Å². The van der Waals surface area contributed by atoms with E-state index in [1.54, 1.807) is 7.11 Å². The van der Waals surface area contributed by atoms with E-state index < -0.39 is 0 Å². The van der Waals surface area contributed by atoms with Crippen molar-refractivity contribution >= 4 is 0 Å². The van der Waals surface area contributed by atoms with Crippen molar-refractivity contribution in [1.82, 2.24) is 0 Å². The van der Waals surface area contributed by atoms with Gasteiger partial charge < -0.3 is 19.9 Å². The first-order chi connectivity index (χ1) is 8.56. The number of hydrogen-bond acceptors (Lipinski definition) is 4. The summed E-state index contributed by atoms with van der Waals surface area (Å²) in [5.74, 6) is 0.824. The quantitative estimate of drug-likeness (QED) is 0.893. The SMILES string of the molecule is COc1ccc(C2OCC(C)(C)C(CN)O2)cc1. The number of nitrogens with two attached hydrogens (primary N) is 1. The first kappa shape index (κ1) is 13.3. The lowest BCUT2D eigenvalue weighted by molar-refractivity contribution is -0.261. The maximum absolute atomic E-state index is 5.92. The first-order valence-corrected chi connectivity index (χ1v) is 6.18. The molecular formula is C14H21NO3. The third-order valence-corrected chi connectivity index (χ3v) is 3.37. The molecule has 4 heteroatoms. The molecule has 2 atom stereocenters. The maximum atomic E-state index is 5.92. The number of benzene rings is 1. The van der Waals surface area contributed by atoms with Gasteiger partial charge in [0, 0.05) is 17.5 Å². The van der Waals surface area contributed by atoms with Crippen LogP contribution < -0.4 is 10.5 Å². The van der Waals surface area contributed by atoms with Crippen molar-refractivity contribution in [2.24, 2.45) is 11.1 Å². The van der Waals surface area contributed by atoms with E-state index in [0.717, 1.165) is 11.3 Å². The van der Waals surface area contributed by atoms with Gasteiger partial charge in [-0.25, -0.2) is 0 Å². The summed E-state index contributed by atoms with van der Waals surface area (Å²) in [4.78, 5) is 0. The Balaban J connectivity index is 2.10. The Morgan fingerprint density at radius 2 is 2.00 bits per heavy atom. The van der Waals surface area contributed by atoms with E-state index in [1.165, 1.54) is 0 Å². The van der Waals surface area contributed by atoms with Gasteiger partial charge in [0.2, 0.25) is 0 Å². The van der Waals surface area contributed by atoms with Crippen LogP contribution in [0.1, 0.15) is 25.7 Å². The summed E-state index contributed by atoms with van der Waals surface area (Å²) in [5, 5.41) is 0. The molecule has 0 saturated carbocycles. The van der Waals surface area contributed by atoms with Crippen LogP contribution in [-0.4, -0.2) is 26.4 Å². The Labute approximate surface area is 108 Å². The fraction of sp³-hybridized carbons (Fsp3) is 0.571. The summed E-state index contributed by atoms with van der Waals surface area (Å²) >= 11 is 0. The second-order valence-corrected chi connectivity index (χ2v) is 5.27. The minimum Gasteiger partial charge on any atom is -0.497 e. The Bertz CT molecular complexity index is 389. The molecule has 0 aromatic heterocycles. The van der Waals surface area contributed by atoms with Crippen LogP contribution in [0.15, 0.2) is 24.3 Å². The zero-order chi connectivity index (χ0) is 13.2. The van der Waals surface area contributed by atoms with Crippen molar-refractivity contribution in [2.75, 3.05) is 20.3 Å². The average Bonchev–Trinajstić information content (AvgIpc) is 2.39. The number of methoxy groups -OCH3 is 1. The normalized spacial score (nSPS) is 26.9. The highest BCUT2D eigenvalue weighted by molar-refractivity contribution is 5.28. The van der Waals surface area contributed by atoms with Gasteiger partial charge in [0.1, 0.15) is 5.75 Å². The van der Waals surface area contributed by atoms with Gasteiger partial charge in [-0.15, -0.1) is 0 Å². The highest BCUT2D eigenvalue weighted by Crippen LogP contribution is 2.36. The topological polar surface area (TPSA) is 53.7 Å². The molecule has 2 unspecified atom stereocenters. The molecule has 0 aliphatic carbocycles. The predicted octanol–water partition coefficient (Wildman–Crippen LogP) is 2.09. The van der Waals surface area contributed by atoms with Crippen LogP contribution >= 0.6 is 0 Å². The first-order valence-electron chi connectivity index (χ1n) is 6.18. The Morgan fingerprint density at radius 1 is 1.33 bits per heavy atom. The van der Waals surface area contributed by atoms with Gasteiger partial charge in [-0.1, -0.05) is 26.0 Å². The molecule has 18 heavy (non-hydrogen) atoms. The summed E-state index contributed by atoms with van der Waals surface area (Å²) < 4.78 is 16.8. The van der Waals surface area contributed by atoms with Gasteiger partial charge in [0.25, 0.3) is 0 Å². The van der Waals surface area contributed by atoms with E-state index in [-0.39, 0.29) is 17.8 Å². The maximum Gasteiger partial charge on any atom is 0.184 e. The predicted molar refractivity (Wildman–Crippen MR) is 69.4 cm³/mol. The molecule has 1 heterocycles. The second kappa shape index (κ2) is 5.26. The van der Waals surface area contributed by atoms with E-state index in [2.05, 4.69) is 13.8 Å². The molecule has 0 amide bonds. The van der Waals surface area contributed by atoms with Crippen LogP contribution in [0.3, 0.4) is 0 Å². The van der Waals surface area contributed by atoms with E-state index in [0.29, 0.717) is 13.2 Å². The fourth-order valence-electron chi connectivity index (χ4n) is 2.07. The number of rotatable bonds is 3. The smallest absolute Gasteiger partial charge is 0.184 e. The van der Waals surface area contributed by atoms with Crippen molar-refractivity contribution in [2.45, 2.75) is 26.2 Å². The summed E-state index contributed by atoms with van der Waals surface area (Å²) in [5.41, 5.74) is 6.71. The Morgan fingerprint density at radius 3 is 2.56 bits per heavy atom. The molecular weight excluding hydrogens is 230 g/mol. The van der Waals surface area contributed by atoms with Gasteiger partial charge in [-0.2, -0.15) is 0 Å². The van der Waals surface area contributed by atoms with E-state index in [1.807, 2.05) is 24.3 Å². The lowest BCUT2D eigenvalue weighted by Gasteiger charge is -2.41. The van der Waals surface area contributed by atoms with E-state index in [4.69, 9.17) is 19.9 Å². The Hall–Kier alpha value is -1.10. The standard InChI is InChI=1S/C14H21NO3/c1-14(2)9-17-13(18-12(14)8-15)10-4-6-11(16-3)7-5-10/h4-7,12-13H,8-9,15H2,1-3H3. The van der Waals surface area contributed by atoms with Gasteiger partial charge >= 0.3 is 0 Å². The molecule has 0 spiro atoms. The fourth-order valence-corrected chi connectivity index (χ4v) is 2.07. The van der Waals surface area contributed by atoms with Crippen LogP contribution in [0.5, 0.6) is 5.75 Å². The van der Waals surface area contributed by atoms with Crippen LogP contribution in [0, 0.1) is 5.41 Å². The monoisotopic (exact) mass is 251 g/mol. The molecule has 4 nitrogen and oxygen atoms in total. The van der Waals surface area contributed by atoms with Gasteiger partial charge in [0.05, 0.1) is 19.8 Å². The van der Waals surface area contributed by atoms with Crippen LogP contribution in [0.2, 0.25) is 0 Å². The van der Waals surface area contributed by atoms with E-state index in [9.17, 15) is 0 Å². The van der Waals surface area contributed by atoms with Crippen LogP contribution in [-0.2, 0) is 9.47 Å². The molecule has 1 aliphatic heterocycles. The zero-order valence-corrected chi connectivity index (χ0v) is 11.2. The van der Waals surface area contributed by atoms with Gasteiger partial charge in [0.15, 0.2) is 6.29 Å². The van der Waals surface area contributed by atoms with Crippen molar-refractivity contribution in [3.05, 3.63) is 29.8 Å². The number of ether oxygens (including phenoxy) is 3. The summed E-state index contributed by atoms with van der Waals surface area (Å²) in [7, 11) is 1.65. The van der Waals surface area contributed by atoms with Crippen molar-refractivity contribution in [3.63, 3.8) is 0 Å². The minimum atomic E-state index is -0.336. The minimum absolute atomic E-state index is 0.0124. The van der Waals surface area contributed by atoms with Crippen LogP contribution in [0.4, 0.5) is 0 Å². The molecule has 100 valence electrons. The molecule has 1 aromatic rings. The lowest BCUT2D eigenvalue weighted by Crippen LogP contribution is -2.46. The molecule has 0 bridgehead atoms. The highest BCUT2D eigenvalue weighted by Gasteiger charge is 2.37. The average molecular weight is 251 g/mol. The third-order valence-electron chi connectivity index (χ3n) is 3.37. The second-order valence-electron chi connectivity index (χ2n) is 5.27. The number of hydrogen-bond donors (Lipinski definition) is 1. The zero-order valence-electron chi connectivity index (χ0n) is 11.2. The van der Waals surface area contributed by atoms with Gasteiger partial charge in [-0.3, -0.25) is 0 Å². The van der Waals surface area contributed by atoms with Crippen molar-refractivity contribution in [3.8, 4) is 5.75 Å². The highest BCUT2D eigenvalue weighted by atomic mass is 16.7. The van der Waals surface area contributed by atoms with E-state index >= 15 is 0 Å². The largest absolute Gasteiger partial charge is 0.497 e. The van der Waals surface area contributed by atoms with Crippen LogP contribution in [0.25, 0.3) is 0 Å². The van der Waals surface area contributed by atoms with Crippen molar-refractivity contribution in [1.29, 1.82) is 0 Å². The summed E-state index contributed by atoms with van der Waals surface area (Å²) in [6.07, 6.45) is -0.323. The molecule has 1 aliphatic rings. The molecule has 1 aromatic carbocycles. The molecule has 2 N–H and O–H groups in total. The summed E-state index contributed by atoms with van der Waals surface area (Å²) in [6, 6.07) is 7.71. The van der Waals surface area contributed by atoms with Gasteiger partial charge in [-0.05, 0) is 12.1 Å². The molecule has 2 rings (SSSR count). The molecule has 0 radical (unpaired) electrons.